The number of nitrogens with zero attached hydrogens (tertiary/aromatic N) is 13. The first-order valence-corrected chi connectivity index (χ1v) is 19.3. The minimum Gasteiger partial charge on any atom is -0.399 e. The van der Waals surface area contributed by atoms with Gasteiger partial charge in [-0.15, -0.1) is 4.91 Å². The lowest BCUT2D eigenvalue weighted by atomic mass is 10.1. The third kappa shape index (κ3) is 7.56. The van der Waals surface area contributed by atoms with Gasteiger partial charge in [-0.1, -0.05) is 113 Å². The molecule has 1 aliphatic heterocycles. The van der Waals surface area contributed by atoms with E-state index >= 15 is 0 Å². The molecule has 6 aromatic rings. The van der Waals surface area contributed by atoms with Gasteiger partial charge in [-0.2, -0.15) is 26.3 Å². The van der Waals surface area contributed by atoms with Crippen LogP contribution in [0.25, 0.3) is 44.7 Å². The summed E-state index contributed by atoms with van der Waals surface area (Å²) in [4.78, 5) is 56.6. The summed E-state index contributed by atoms with van der Waals surface area (Å²) in [6.45, 7) is 0.316. The topological polar surface area (TPSA) is 315 Å². The van der Waals surface area contributed by atoms with Crippen LogP contribution >= 0.6 is 0 Å². The van der Waals surface area contributed by atoms with Gasteiger partial charge in [-0.05, 0) is 10.7 Å². The van der Waals surface area contributed by atoms with Crippen molar-refractivity contribution in [3.63, 3.8) is 0 Å². The van der Waals surface area contributed by atoms with Gasteiger partial charge in [-0.3, -0.25) is 4.79 Å². The summed E-state index contributed by atoms with van der Waals surface area (Å²) in [6.07, 6.45) is 0. The fourth-order valence-corrected chi connectivity index (χ4v) is 7.18. The Morgan fingerprint density at radius 2 is 1.02 bits per heavy atom. The zero-order valence-electron chi connectivity index (χ0n) is 34.0. The molecular weight excluding hydrogens is 839 g/mol. The molecule has 4 aliphatic rings. The molecule has 19 nitrogen and oxygen atoms in total. The van der Waals surface area contributed by atoms with Crippen LogP contribution < -0.4 is 5.73 Å². The Bertz CT molecular complexity index is 3550. The third-order valence-electron chi connectivity index (χ3n) is 10.0. The van der Waals surface area contributed by atoms with Crippen LogP contribution in [0.1, 0.15) is 67.0 Å². The molecular formula is C47H25N15O4. The highest BCUT2D eigenvalue weighted by atomic mass is 16.6. The lowest BCUT2D eigenvalue weighted by Gasteiger charge is -2.05. The lowest BCUT2D eigenvalue weighted by molar-refractivity contribution is 0.0995. The van der Waals surface area contributed by atoms with Crippen LogP contribution in [0.3, 0.4) is 0 Å². The van der Waals surface area contributed by atoms with Gasteiger partial charge in [0.25, 0.3) is 5.91 Å². The van der Waals surface area contributed by atoms with Crippen molar-refractivity contribution >= 4 is 33.8 Å². The van der Waals surface area contributed by atoms with Gasteiger partial charge in [0.15, 0.2) is 28.5 Å². The molecule has 10 rings (SSSR count). The first-order chi connectivity index (χ1) is 32.3. The van der Waals surface area contributed by atoms with E-state index < -0.39 is 5.91 Å². The van der Waals surface area contributed by atoms with E-state index in [0.717, 1.165) is 27.8 Å². The Hall–Kier alpha value is -10.6. The predicted octanol–water partition coefficient (Wildman–Crippen LogP) is 6.80. The van der Waals surface area contributed by atoms with E-state index in [1.807, 2.05) is 103 Å². The number of aromatic amines is 1. The zero-order chi connectivity index (χ0) is 46.3. The number of rotatable bonds is 6. The Kier molecular flexibility index (Phi) is 11.6. The first kappa shape index (κ1) is 42.2. The standard InChI is InChI=1S/C20H11N5O.C14H7N5O.C13H7N5O2/c21-10-16-17(11-22)24-20-18(23-16)14-8-4-5-9-15(14)19(20)25-26-12-13-6-2-1-3-7-13;1-20-19-13-9-5-3-2-4-8(9)12-14(13)18-11(7-16)10(6-15)17-12;14-5-8-11(13(15)19)17-9-6-3-1-2-4-7(6)10(18-20)12(9)16-8/h1-9H,12H2;2-5H,1H3;1-4,17H,(H2,15,19)/b25-19+;19-13+;. The number of hydrogen-bond acceptors (Lipinski definition) is 17. The van der Waals surface area contributed by atoms with E-state index in [-0.39, 0.29) is 45.5 Å². The Balaban J connectivity index is 0.000000136. The smallest absolute Gasteiger partial charge is 0.268 e. The van der Waals surface area contributed by atoms with Crippen LogP contribution in [-0.2, 0) is 16.3 Å². The number of carbonyl (C=O) groups is 1. The molecule has 0 saturated carbocycles. The molecule has 312 valence electrons. The number of nitroso groups, excluding NO2 is 1. The third-order valence-corrected chi connectivity index (χ3v) is 10.0. The quantitative estimate of drug-likeness (QED) is 0.128. The summed E-state index contributed by atoms with van der Waals surface area (Å²) >= 11 is 0. The predicted molar refractivity (Wildman–Crippen MR) is 235 cm³/mol. The van der Waals surface area contributed by atoms with Crippen molar-refractivity contribution in [3.05, 3.63) is 170 Å². The van der Waals surface area contributed by atoms with Crippen molar-refractivity contribution in [1.82, 2.24) is 29.9 Å². The fourth-order valence-electron chi connectivity index (χ4n) is 7.18. The number of H-pyrrole nitrogens is 1. The molecule has 0 fully saturated rings. The highest BCUT2D eigenvalue weighted by Gasteiger charge is 2.32. The number of carbonyl (C=O) groups excluding carboxylic acids is 1. The second-order valence-electron chi connectivity index (χ2n) is 13.7. The number of benzene rings is 4. The van der Waals surface area contributed by atoms with Crippen LogP contribution in [0.15, 0.2) is 119 Å². The van der Waals surface area contributed by atoms with Crippen molar-refractivity contribution in [2.24, 2.45) is 21.2 Å². The highest BCUT2D eigenvalue weighted by Crippen LogP contribution is 2.42. The SMILES string of the molecule is CO/N=C1\c2ccccc2-c2nc(C#N)c(C#N)nc21.N#Cc1nc2c(N=O)c3ccccc3c-2[nH]c1C(N)=O.N#Cc1nc2c(nc1C#N)-c1ccccc1/C2=N\OCc1ccccc1. The normalized spacial score (nSPS) is 12.2. The molecule has 0 radical (unpaired) electrons. The van der Waals surface area contributed by atoms with E-state index in [0.29, 0.717) is 57.3 Å². The number of nitrogens with one attached hydrogen (secondary N) is 1. The Labute approximate surface area is 372 Å². The minimum absolute atomic E-state index is 0.00695. The second-order valence-corrected chi connectivity index (χ2v) is 13.7. The van der Waals surface area contributed by atoms with Crippen LogP contribution in [0, 0.1) is 61.6 Å². The number of aromatic nitrogens is 6. The van der Waals surface area contributed by atoms with Gasteiger partial charge in [0.05, 0.1) is 5.69 Å². The van der Waals surface area contributed by atoms with Crippen LogP contribution in [-0.4, -0.2) is 54.3 Å². The molecule has 2 aromatic heterocycles. The molecule has 0 unspecified atom stereocenters. The van der Waals surface area contributed by atoms with Crippen molar-refractivity contribution < 1.29 is 14.5 Å². The Morgan fingerprint density at radius 1 is 0.576 bits per heavy atom. The zero-order valence-corrected chi connectivity index (χ0v) is 34.0. The van der Waals surface area contributed by atoms with E-state index in [1.165, 1.54) is 7.11 Å². The van der Waals surface area contributed by atoms with Gasteiger partial charge in [0.1, 0.15) is 95.3 Å². The van der Waals surface area contributed by atoms with E-state index in [2.05, 4.69) is 45.4 Å². The van der Waals surface area contributed by atoms with Gasteiger partial charge in [0.2, 0.25) is 0 Å². The van der Waals surface area contributed by atoms with Crippen LogP contribution in [0.5, 0.6) is 0 Å². The largest absolute Gasteiger partial charge is 0.399 e. The molecule has 3 aliphatic carbocycles. The lowest BCUT2D eigenvalue weighted by Crippen LogP contribution is -2.17. The maximum atomic E-state index is 11.4. The number of nitrogens with two attached hydrogens (primary N) is 1. The van der Waals surface area contributed by atoms with Gasteiger partial charge in [0, 0.05) is 33.0 Å². The molecule has 0 bridgehead atoms. The van der Waals surface area contributed by atoms with Crippen molar-refractivity contribution in [3.8, 4) is 64.2 Å². The molecule has 1 amide bonds. The molecule has 0 saturated heterocycles. The van der Waals surface area contributed by atoms with Crippen molar-refractivity contribution in [1.29, 1.82) is 26.3 Å². The van der Waals surface area contributed by atoms with E-state index in [4.69, 9.17) is 31.2 Å². The summed E-state index contributed by atoms with van der Waals surface area (Å²) in [7, 11) is 1.44. The first-order valence-electron chi connectivity index (χ1n) is 19.3. The second kappa shape index (κ2) is 18.2. The summed E-state index contributed by atoms with van der Waals surface area (Å²) < 4.78 is 0. The van der Waals surface area contributed by atoms with Crippen LogP contribution in [0.4, 0.5) is 5.69 Å². The fraction of sp³-hybridized carbons (Fsp3) is 0.0426. The summed E-state index contributed by atoms with van der Waals surface area (Å²) in [5.41, 5.74) is 13.1. The van der Waals surface area contributed by atoms with Gasteiger partial charge in [-0.25, -0.2) is 24.9 Å². The highest BCUT2D eigenvalue weighted by molar-refractivity contribution is 6.23. The molecule has 66 heavy (non-hydrogen) atoms. The molecule has 3 N–H and O–H groups in total. The molecule has 3 heterocycles. The Morgan fingerprint density at radius 3 is 1.50 bits per heavy atom. The average Bonchev–Trinajstić information content (AvgIpc) is 3.97. The number of fused-ring (bicyclic) bond motifs is 9. The van der Waals surface area contributed by atoms with Crippen molar-refractivity contribution in [2.45, 2.75) is 6.61 Å². The van der Waals surface area contributed by atoms with E-state index in [1.54, 1.807) is 30.3 Å². The number of primary amides is 1. The average molecular weight is 864 g/mol. The van der Waals surface area contributed by atoms with Gasteiger partial charge >= 0.3 is 0 Å². The van der Waals surface area contributed by atoms with E-state index in [9.17, 15) is 20.2 Å². The number of oxime groups is 2. The monoisotopic (exact) mass is 863 g/mol. The molecule has 19 heteroatoms. The minimum atomic E-state index is -0.790. The summed E-state index contributed by atoms with van der Waals surface area (Å²) in [5, 5.41) is 58.0. The van der Waals surface area contributed by atoms with Crippen molar-refractivity contribution in [2.75, 3.05) is 7.11 Å². The summed E-state index contributed by atoms with van der Waals surface area (Å²) in [6, 6.07) is 41.1. The van der Waals surface area contributed by atoms with Crippen LogP contribution in [0.2, 0.25) is 0 Å². The molecule has 4 aromatic carbocycles. The number of amides is 1. The van der Waals surface area contributed by atoms with Gasteiger partial charge < -0.3 is 20.4 Å². The molecule has 0 atom stereocenters. The number of hydrogen-bond donors (Lipinski definition) is 2. The number of nitriles is 5. The molecule has 0 spiro atoms. The maximum absolute atomic E-state index is 11.4. The summed E-state index contributed by atoms with van der Waals surface area (Å²) in [5.74, 6) is -0.790. The maximum Gasteiger partial charge on any atom is 0.268 e.